The first kappa shape index (κ1) is 27.2. The molecule has 0 unspecified atom stereocenters. The highest BCUT2D eigenvalue weighted by atomic mass is 32.1. The van der Waals surface area contributed by atoms with Crippen LogP contribution in [0.1, 0.15) is 60.6 Å². The molecule has 1 aliphatic heterocycles. The Morgan fingerprint density at radius 2 is 1.90 bits per heavy atom. The molecule has 2 aromatic heterocycles. The number of fused-ring (bicyclic) bond motifs is 1. The van der Waals surface area contributed by atoms with Crippen LogP contribution in [0, 0.1) is 11.6 Å². The van der Waals surface area contributed by atoms with E-state index in [2.05, 4.69) is 10.2 Å². The lowest BCUT2D eigenvalue weighted by Crippen LogP contribution is -2.70. The molecular weight excluding hydrogens is 528 g/mol. The number of hydrogen-bond acceptors (Lipinski definition) is 8. The third kappa shape index (κ3) is 4.59. The molecule has 12 heteroatoms. The van der Waals surface area contributed by atoms with E-state index in [0.29, 0.717) is 36.0 Å². The zero-order valence-corrected chi connectivity index (χ0v) is 23.2. The summed E-state index contributed by atoms with van der Waals surface area (Å²) >= 11 is 1.14. The van der Waals surface area contributed by atoms with Crippen LogP contribution in [0.5, 0.6) is 5.75 Å². The Kier molecular flexibility index (Phi) is 7.43. The first-order valence-electron chi connectivity index (χ1n) is 13.0. The Morgan fingerprint density at radius 3 is 2.54 bits per heavy atom. The molecular formula is C27H31F2N5O4S. The highest BCUT2D eigenvalue weighted by Gasteiger charge is 2.51. The molecule has 0 atom stereocenters. The SMILES string of the molecule is CCOC1CCC2(CC1)N(CC)C(=O)c1c(OC)c(=O)c(-c3nnc(Cc4ccc(F)cc4F)s3)cn1N2C. The van der Waals surface area contributed by atoms with Crippen molar-refractivity contribution in [2.75, 3.05) is 32.3 Å². The zero-order chi connectivity index (χ0) is 27.9. The Bertz CT molecular complexity index is 1450. The molecule has 9 nitrogen and oxygen atoms in total. The van der Waals surface area contributed by atoms with Crippen molar-refractivity contribution >= 4 is 17.2 Å². The van der Waals surface area contributed by atoms with Gasteiger partial charge in [0.2, 0.25) is 5.43 Å². The van der Waals surface area contributed by atoms with Gasteiger partial charge in [0, 0.05) is 38.9 Å². The van der Waals surface area contributed by atoms with E-state index in [1.807, 2.05) is 30.8 Å². The minimum Gasteiger partial charge on any atom is -0.491 e. The Labute approximate surface area is 228 Å². The fraction of sp³-hybridized carbons (Fsp3) is 0.481. The number of amides is 1. The van der Waals surface area contributed by atoms with E-state index < -0.39 is 22.7 Å². The van der Waals surface area contributed by atoms with Gasteiger partial charge in [-0.1, -0.05) is 17.4 Å². The normalized spacial score (nSPS) is 21.0. The van der Waals surface area contributed by atoms with E-state index in [0.717, 1.165) is 30.2 Å². The van der Waals surface area contributed by atoms with Gasteiger partial charge in [-0.25, -0.2) is 8.78 Å². The van der Waals surface area contributed by atoms with Crippen molar-refractivity contribution in [3.8, 4) is 16.3 Å². The fourth-order valence-electron chi connectivity index (χ4n) is 5.79. The van der Waals surface area contributed by atoms with E-state index in [1.165, 1.54) is 19.2 Å². The lowest BCUT2D eigenvalue weighted by Gasteiger charge is -2.56. The molecule has 0 radical (unpaired) electrons. The number of nitrogens with zero attached hydrogens (tertiary/aromatic N) is 5. The standard InChI is InChI=1S/C27H31F2N5O4S/c1-5-33-26(36)22-24(37-4)23(35)19(15-34(22)32(3)27(33)11-9-18(10-12-27)38-6-2)25-31-30-21(39-25)13-16-7-8-17(28)14-20(16)29/h7-8,14-15,18H,5-6,9-13H2,1-4H3. The number of hydrogen-bond donors (Lipinski definition) is 0. The van der Waals surface area contributed by atoms with Crippen molar-refractivity contribution in [2.45, 2.75) is 57.7 Å². The van der Waals surface area contributed by atoms with Crippen LogP contribution in [0.4, 0.5) is 8.78 Å². The lowest BCUT2D eigenvalue weighted by molar-refractivity contribution is -0.0310. The minimum atomic E-state index is -0.674. The Hall–Kier alpha value is -3.38. The molecule has 39 heavy (non-hydrogen) atoms. The van der Waals surface area contributed by atoms with Crippen LogP contribution >= 0.6 is 11.3 Å². The number of pyridine rings is 1. The van der Waals surface area contributed by atoms with Crippen LogP contribution in [0.3, 0.4) is 0 Å². The maximum Gasteiger partial charge on any atom is 0.278 e. The number of carbonyl (C=O) groups excluding carboxylic acids is 1. The molecule has 0 saturated heterocycles. The first-order chi connectivity index (χ1) is 18.7. The van der Waals surface area contributed by atoms with Crippen molar-refractivity contribution in [1.82, 2.24) is 19.8 Å². The van der Waals surface area contributed by atoms with Gasteiger partial charge in [-0.3, -0.25) is 19.3 Å². The average molecular weight is 560 g/mol. The van der Waals surface area contributed by atoms with Crippen molar-refractivity contribution in [3.05, 3.63) is 62.5 Å². The second kappa shape index (κ2) is 10.6. The van der Waals surface area contributed by atoms with Gasteiger partial charge in [-0.05, 0) is 51.2 Å². The molecule has 1 fully saturated rings. The van der Waals surface area contributed by atoms with Crippen LogP contribution in [-0.4, -0.2) is 64.8 Å². The number of ether oxygens (including phenoxy) is 2. The molecule has 208 valence electrons. The molecule has 5 rings (SSSR count). The fourth-order valence-corrected chi connectivity index (χ4v) is 6.66. The molecule has 1 amide bonds. The van der Waals surface area contributed by atoms with Crippen molar-refractivity contribution in [3.63, 3.8) is 0 Å². The highest BCUT2D eigenvalue weighted by molar-refractivity contribution is 7.14. The van der Waals surface area contributed by atoms with E-state index in [9.17, 15) is 18.4 Å². The summed E-state index contributed by atoms with van der Waals surface area (Å²) in [4.78, 5) is 29.2. The average Bonchev–Trinajstić information content (AvgIpc) is 3.38. The van der Waals surface area contributed by atoms with Gasteiger partial charge in [0.05, 0.1) is 18.8 Å². The number of benzene rings is 1. The predicted octanol–water partition coefficient (Wildman–Crippen LogP) is 3.96. The largest absolute Gasteiger partial charge is 0.491 e. The minimum absolute atomic E-state index is 0.0676. The molecule has 0 bridgehead atoms. The number of halogens is 2. The van der Waals surface area contributed by atoms with Gasteiger partial charge < -0.3 is 14.4 Å². The number of aromatic nitrogens is 3. The molecule has 3 aromatic rings. The molecule has 3 heterocycles. The van der Waals surface area contributed by atoms with Gasteiger partial charge in [0.1, 0.15) is 22.3 Å². The van der Waals surface area contributed by atoms with Gasteiger partial charge >= 0.3 is 0 Å². The van der Waals surface area contributed by atoms with Crippen LogP contribution in [0.15, 0.2) is 29.2 Å². The second-order valence-corrected chi connectivity index (χ2v) is 10.8. The Balaban J connectivity index is 1.55. The van der Waals surface area contributed by atoms with Gasteiger partial charge in [-0.2, -0.15) is 0 Å². The monoisotopic (exact) mass is 559 g/mol. The van der Waals surface area contributed by atoms with E-state index in [1.54, 1.807) is 10.9 Å². The summed E-state index contributed by atoms with van der Waals surface area (Å²) < 4.78 is 40.6. The number of carbonyl (C=O) groups is 1. The number of rotatable bonds is 7. The van der Waals surface area contributed by atoms with E-state index in [-0.39, 0.29) is 41.0 Å². The lowest BCUT2D eigenvalue weighted by atomic mass is 9.84. The Morgan fingerprint density at radius 1 is 1.15 bits per heavy atom. The quantitative estimate of drug-likeness (QED) is 0.433. The third-order valence-electron chi connectivity index (χ3n) is 7.73. The van der Waals surface area contributed by atoms with Crippen LogP contribution in [0.25, 0.3) is 10.6 Å². The summed E-state index contributed by atoms with van der Waals surface area (Å²) in [7, 11) is 3.28. The van der Waals surface area contributed by atoms with Gasteiger partial charge in [-0.15, -0.1) is 10.2 Å². The molecule has 1 saturated carbocycles. The molecule has 1 spiro atoms. The number of methoxy groups -OCH3 is 1. The van der Waals surface area contributed by atoms with Crippen molar-refractivity contribution in [1.29, 1.82) is 0 Å². The second-order valence-electron chi connectivity index (χ2n) is 9.72. The summed E-state index contributed by atoms with van der Waals surface area (Å²) in [5.41, 5.74) is -0.412. The van der Waals surface area contributed by atoms with Crippen molar-refractivity contribution < 1.29 is 23.0 Å². The maximum atomic E-state index is 14.2. The highest BCUT2D eigenvalue weighted by Crippen LogP contribution is 2.41. The summed E-state index contributed by atoms with van der Waals surface area (Å²) in [5.74, 6) is -1.67. The first-order valence-corrected chi connectivity index (χ1v) is 13.8. The van der Waals surface area contributed by atoms with Crippen LogP contribution in [0.2, 0.25) is 0 Å². The topological polar surface area (TPSA) is 89.8 Å². The smallest absolute Gasteiger partial charge is 0.278 e. The maximum absolute atomic E-state index is 14.2. The van der Waals surface area contributed by atoms with Crippen LogP contribution < -0.4 is 15.2 Å². The van der Waals surface area contributed by atoms with E-state index in [4.69, 9.17) is 9.47 Å². The summed E-state index contributed by atoms with van der Waals surface area (Å²) in [5, 5.41) is 11.1. The van der Waals surface area contributed by atoms with Crippen molar-refractivity contribution in [2.24, 2.45) is 0 Å². The van der Waals surface area contributed by atoms with Gasteiger partial charge in [0.25, 0.3) is 5.91 Å². The molecule has 1 aliphatic carbocycles. The van der Waals surface area contributed by atoms with Crippen LogP contribution in [-0.2, 0) is 11.2 Å². The summed E-state index contributed by atoms with van der Waals surface area (Å²) in [6.45, 7) is 5.03. The van der Waals surface area contributed by atoms with Gasteiger partial charge in [0.15, 0.2) is 16.5 Å². The predicted molar refractivity (Wildman–Crippen MR) is 143 cm³/mol. The molecule has 2 aliphatic rings. The molecule has 0 N–H and O–H groups in total. The summed E-state index contributed by atoms with van der Waals surface area (Å²) in [6.07, 6.45) is 4.90. The van der Waals surface area contributed by atoms with E-state index >= 15 is 0 Å². The summed E-state index contributed by atoms with van der Waals surface area (Å²) in [6, 6.07) is 3.37. The third-order valence-corrected chi connectivity index (χ3v) is 8.69. The molecule has 1 aromatic carbocycles. The zero-order valence-electron chi connectivity index (χ0n) is 22.4.